The minimum atomic E-state index is -0.322. The number of carbonyl (C=O) groups excluding carboxylic acids is 2. The molecule has 1 aliphatic rings. The SMILES string of the molecule is CC1(C)CC(C(=O)CC(=O)c2ccccc2)CC(C)(C)O1. The Bertz CT molecular complexity index is 513. The molecule has 0 spiro atoms. The zero-order valence-electron chi connectivity index (χ0n) is 13.3. The van der Waals surface area contributed by atoms with Gasteiger partial charge < -0.3 is 4.74 Å². The Hall–Kier alpha value is -1.48. The number of rotatable bonds is 4. The van der Waals surface area contributed by atoms with E-state index in [4.69, 9.17) is 4.74 Å². The first-order valence-corrected chi connectivity index (χ1v) is 7.50. The number of ketones is 2. The molecule has 1 aliphatic heterocycles. The zero-order chi connectivity index (χ0) is 15.7. The van der Waals surface area contributed by atoms with Crippen LogP contribution < -0.4 is 0 Å². The second-order valence-electron chi connectivity index (χ2n) is 7.16. The van der Waals surface area contributed by atoms with Gasteiger partial charge in [-0.05, 0) is 40.5 Å². The second-order valence-corrected chi connectivity index (χ2v) is 7.16. The van der Waals surface area contributed by atoms with E-state index in [9.17, 15) is 9.59 Å². The van der Waals surface area contributed by atoms with Crippen LogP contribution in [-0.4, -0.2) is 22.8 Å². The predicted molar refractivity (Wildman–Crippen MR) is 82.4 cm³/mol. The highest BCUT2D eigenvalue weighted by molar-refractivity contribution is 6.08. The topological polar surface area (TPSA) is 43.4 Å². The van der Waals surface area contributed by atoms with Crippen molar-refractivity contribution in [2.45, 2.75) is 58.2 Å². The highest BCUT2D eigenvalue weighted by Gasteiger charge is 2.42. The van der Waals surface area contributed by atoms with Crippen LogP contribution in [0.25, 0.3) is 0 Å². The normalized spacial score (nSPS) is 21.0. The summed E-state index contributed by atoms with van der Waals surface area (Å²) in [6, 6.07) is 9.01. The lowest BCUT2D eigenvalue weighted by Crippen LogP contribution is -2.47. The lowest BCUT2D eigenvalue weighted by Gasteiger charge is -2.44. The summed E-state index contributed by atoms with van der Waals surface area (Å²) in [6.45, 7) is 8.03. The Morgan fingerprint density at radius 2 is 1.57 bits per heavy atom. The fraction of sp³-hybridized carbons (Fsp3) is 0.556. The lowest BCUT2D eigenvalue weighted by atomic mass is 9.77. The molecule has 0 radical (unpaired) electrons. The van der Waals surface area contributed by atoms with E-state index < -0.39 is 0 Å². The van der Waals surface area contributed by atoms with Crippen LogP contribution in [0, 0.1) is 5.92 Å². The van der Waals surface area contributed by atoms with Crippen molar-refractivity contribution >= 4 is 11.6 Å². The van der Waals surface area contributed by atoms with Gasteiger partial charge in [-0.3, -0.25) is 9.59 Å². The van der Waals surface area contributed by atoms with E-state index >= 15 is 0 Å². The molecular formula is C18H24O3. The average Bonchev–Trinajstić information content (AvgIpc) is 2.36. The van der Waals surface area contributed by atoms with Crippen LogP contribution >= 0.6 is 0 Å². The van der Waals surface area contributed by atoms with Gasteiger partial charge in [-0.25, -0.2) is 0 Å². The van der Waals surface area contributed by atoms with E-state index in [2.05, 4.69) is 0 Å². The maximum absolute atomic E-state index is 12.5. The molecule has 1 saturated heterocycles. The summed E-state index contributed by atoms with van der Waals surface area (Å²) in [6.07, 6.45) is 1.34. The molecule has 0 unspecified atom stereocenters. The molecule has 3 nitrogen and oxygen atoms in total. The molecule has 114 valence electrons. The first kappa shape index (κ1) is 15.9. The van der Waals surface area contributed by atoms with E-state index in [0.29, 0.717) is 18.4 Å². The Kier molecular flexibility index (Phi) is 4.33. The third-order valence-corrected chi connectivity index (χ3v) is 3.91. The number of carbonyl (C=O) groups is 2. The molecule has 3 heteroatoms. The summed E-state index contributed by atoms with van der Waals surface area (Å²) < 4.78 is 5.99. The highest BCUT2D eigenvalue weighted by Crippen LogP contribution is 2.39. The maximum Gasteiger partial charge on any atom is 0.170 e. The van der Waals surface area contributed by atoms with Crippen molar-refractivity contribution in [2.24, 2.45) is 5.92 Å². The smallest absolute Gasteiger partial charge is 0.170 e. The van der Waals surface area contributed by atoms with E-state index in [1.54, 1.807) is 12.1 Å². The van der Waals surface area contributed by atoms with E-state index in [-0.39, 0.29) is 35.1 Å². The van der Waals surface area contributed by atoms with E-state index in [1.807, 2.05) is 45.9 Å². The summed E-state index contributed by atoms with van der Waals surface area (Å²) in [5.74, 6) is -0.160. The second kappa shape index (κ2) is 5.72. The molecule has 1 fully saturated rings. The Labute approximate surface area is 126 Å². The third-order valence-electron chi connectivity index (χ3n) is 3.91. The van der Waals surface area contributed by atoms with Crippen molar-refractivity contribution in [3.8, 4) is 0 Å². The van der Waals surface area contributed by atoms with Crippen LogP contribution in [-0.2, 0) is 9.53 Å². The molecule has 2 rings (SSSR count). The van der Waals surface area contributed by atoms with E-state index in [1.165, 1.54) is 0 Å². The summed E-state index contributed by atoms with van der Waals surface area (Å²) >= 11 is 0. The minimum absolute atomic E-state index is 0.0131. The molecule has 0 saturated carbocycles. The van der Waals surface area contributed by atoms with Gasteiger partial charge >= 0.3 is 0 Å². The summed E-state index contributed by atoms with van der Waals surface area (Å²) in [5.41, 5.74) is -0.0353. The minimum Gasteiger partial charge on any atom is -0.370 e. The summed E-state index contributed by atoms with van der Waals surface area (Å²) in [4.78, 5) is 24.6. The van der Waals surface area contributed by atoms with Crippen LogP contribution in [0.2, 0.25) is 0 Å². The van der Waals surface area contributed by atoms with Gasteiger partial charge in [0.25, 0.3) is 0 Å². The highest BCUT2D eigenvalue weighted by atomic mass is 16.5. The van der Waals surface area contributed by atoms with Gasteiger partial charge in [-0.2, -0.15) is 0 Å². The quantitative estimate of drug-likeness (QED) is 0.625. The molecule has 0 aromatic heterocycles. The lowest BCUT2D eigenvalue weighted by molar-refractivity contribution is -0.177. The number of benzene rings is 1. The van der Waals surface area contributed by atoms with Gasteiger partial charge in [0.15, 0.2) is 5.78 Å². The van der Waals surface area contributed by atoms with Gasteiger partial charge in [0.2, 0.25) is 0 Å². The van der Waals surface area contributed by atoms with Crippen LogP contribution in [0.15, 0.2) is 30.3 Å². The molecule has 21 heavy (non-hydrogen) atoms. The number of ether oxygens (including phenoxy) is 1. The zero-order valence-corrected chi connectivity index (χ0v) is 13.3. The molecule has 0 N–H and O–H groups in total. The Morgan fingerprint density at radius 1 is 1.05 bits per heavy atom. The molecule has 1 aromatic rings. The van der Waals surface area contributed by atoms with Crippen LogP contribution in [0.4, 0.5) is 0 Å². The summed E-state index contributed by atoms with van der Waals surface area (Å²) in [7, 11) is 0. The van der Waals surface area contributed by atoms with Crippen LogP contribution in [0.1, 0.15) is 57.3 Å². The molecular weight excluding hydrogens is 264 g/mol. The van der Waals surface area contributed by atoms with Gasteiger partial charge in [-0.15, -0.1) is 0 Å². The number of hydrogen-bond acceptors (Lipinski definition) is 3. The first-order chi connectivity index (χ1) is 9.69. The standard InChI is InChI=1S/C18H24O3/c1-17(2)11-14(12-18(3,4)21-17)16(20)10-15(19)13-8-6-5-7-9-13/h5-9,14H,10-12H2,1-4H3. The molecule has 1 aromatic carbocycles. The number of hydrogen-bond donors (Lipinski definition) is 0. The third kappa shape index (κ3) is 4.24. The van der Waals surface area contributed by atoms with Crippen molar-refractivity contribution < 1.29 is 14.3 Å². The van der Waals surface area contributed by atoms with Crippen molar-refractivity contribution in [3.05, 3.63) is 35.9 Å². The van der Waals surface area contributed by atoms with Crippen molar-refractivity contribution in [3.63, 3.8) is 0 Å². The predicted octanol–water partition coefficient (Wildman–Crippen LogP) is 3.81. The largest absolute Gasteiger partial charge is 0.370 e. The average molecular weight is 288 g/mol. The Morgan fingerprint density at radius 3 is 2.10 bits per heavy atom. The van der Waals surface area contributed by atoms with Gasteiger partial charge in [0.05, 0.1) is 17.6 Å². The Balaban J connectivity index is 2.05. The van der Waals surface area contributed by atoms with E-state index in [0.717, 1.165) is 0 Å². The van der Waals surface area contributed by atoms with Crippen LogP contribution in [0.3, 0.4) is 0 Å². The monoisotopic (exact) mass is 288 g/mol. The van der Waals surface area contributed by atoms with Crippen molar-refractivity contribution in [2.75, 3.05) is 0 Å². The van der Waals surface area contributed by atoms with Gasteiger partial charge in [0.1, 0.15) is 5.78 Å². The van der Waals surface area contributed by atoms with Gasteiger partial charge in [-0.1, -0.05) is 30.3 Å². The fourth-order valence-electron chi connectivity index (χ4n) is 3.35. The summed E-state index contributed by atoms with van der Waals surface area (Å²) in [5, 5.41) is 0. The molecule has 0 amide bonds. The first-order valence-electron chi connectivity index (χ1n) is 7.50. The van der Waals surface area contributed by atoms with Gasteiger partial charge in [0, 0.05) is 11.5 Å². The van der Waals surface area contributed by atoms with Crippen molar-refractivity contribution in [1.29, 1.82) is 0 Å². The molecule has 0 atom stereocenters. The molecule has 1 heterocycles. The number of Topliss-reactive ketones (excluding diaryl/α,β-unsaturated/α-hetero) is 2. The maximum atomic E-state index is 12.5. The van der Waals surface area contributed by atoms with Crippen molar-refractivity contribution in [1.82, 2.24) is 0 Å². The van der Waals surface area contributed by atoms with Crippen LogP contribution in [0.5, 0.6) is 0 Å². The fourth-order valence-corrected chi connectivity index (χ4v) is 3.35. The molecule has 0 bridgehead atoms. The molecule has 0 aliphatic carbocycles.